The summed E-state index contributed by atoms with van der Waals surface area (Å²) in [5.74, 6) is -0.399. The first-order valence-corrected chi connectivity index (χ1v) is 17.0. The van der Waals surface area contributed by atoms with E-state index < -0.39 is 22.1 Å². The minimum Gasteiger partial charge on any atom is -0.366 e. The highest BCUT2D eigenvalue weighted by Crippen LogP contribution is 2.31. The van der Waals surface area contributed by atoms with Crippen LogP contribution in [-0.4, -0.2) is 83.2 Å². The summed E-state index contributed by atoms with van der Waals surface area (Å²) >= 11 is 6.10. The number of nitrogens with two attached hydrogens (primary N) is 1. The van der Waals surface area contributed by atoms with Crippen LogP contribution in [0.1, 0.15) is 22.7 Å². The summed E-state index contributed by atoms with van der Waals surface area (Å²) in [6.07, 6.45) is 2.34. The molecule has 0 aromatic heterocycles. The van der Waals surface area contributed by atoms with Gasteiger partial charge in [0.15, 0.2) is 0 Å². The number of carbonyl (C=O) groups is 2. The number of amides is 2. The summed E-state index contributed by atoms with van der Waals surface area (Å²) in [4.78, 5) is 31.5. The highest BCUT2D eigenvalue weighted by Gasteiger charge is 2.33. The van der Waals surface area contributed by atoms with Crippen LogP contribution in [0.5, 0.6) is 0 Å². The monoisotopic (exact) mass is 638 g/mol. The second kappa shape index (κ2) is 14.0. The average molecular weight is 639 g/mol. The summed E-state index contributed by atoms with van der Waals surface area (Å²) in [6, 6.07) is 21.2. The summed E-state index contributed by atoms with van der Waals surface area (Å²) in [6.45, 7) is 2.87. The van der Waals surface area contributed by atoms with Gasteiger partial charge in [-0.15, -0.1) is 0 Å². The first kappa shape index (κ1) is 31.8. The molecule has 1 saturated heterocycles. The number of hydrogen-bond donors (Lipinski definition) is 3. The standard InChI is InChI=1S/C32H39ClN6O4S/c1-44(42,43)39(17-15-34)29-9-5-4-8-28(29)37-18-20-38(21-19-37)32(41)27(22-23-10-12-25(33)13-11-23)36-31(40)30-26-7-3-2-6-24(26)14-16-35-30/h2-13,27,30,35H,14-22,34H2,1H3,(H,36,40)/t27-,30?/m1/s1. The molecule has 0 aliphatic carbocycles. The van der Waals surface area contributed by atoms with E-state index in [0.717, 1.165) is 28.8 Å². The third kappa shape index (κ3) is 7.35. The molecule has 4 N–H and O–H groups in total. The van der Waals surface area contributed by atoms with Gasteiger partial charge in [0.05, 0.1) is 17.6 Å². The zero-order valence-corrected chi connectivity index (χ0v) is 26.4. The topological polar surface area (TPSA) is 128 Å². The largest absolute Gasteiger partial charge is 0.366 e. The van der Waals surface area contributed by atoms with Crippen molar-refractivity contribution in [2.45, 2.75) is 24.9 Å². The van der Waals surface area contributed by atoms with Crippen LogP contribution in [0.15, 0.2) is 72.8 Å². The van der Waals surface area contributed by atoms with Crippen molar-refractivity contribution < 1.29 is 18.0 Å². The second-order valence-electron chi connectivity index (χ2n) is 11.2. The first-order chi connectivity index (χ1) is 21.2. The Labute approximate surface area is 264 Å². The van der Waals surface area contributed by atoms with Gasteiger partial charge in [0.2, 0.25) is 21.8 Å². The summed E-state index contributed by atoms with van der Waals surface area (Å²) < 4.78 is 26.5. The van der Waals surface area contributed by atoms with Crippen LogP contribution < -0.4 is 25.6 Å². The summed E-state index contributed by atoms with van der Waals surface area (Å²) in [5.41, 5.74) is 10.0. The van der Waals surface area contributed by atoms with Crippen LogP contribution in [-0.2, 0) is 32.5 Å². The minimum atomic E-state index is -3.54. The van der Waals surface area contributed by atoms with E-state index in [0.29, 0.717) is 49.9 Å². The SMILES string of the molecule is CS(=O)(=O)N(CCN)c1ccccc1N1CCN(C(=O)[C@@H](Cc2ccc(Cl)cc2)NC(=O)C2NCCc3ccccc32)CC1. The van der Waals surface area contributed by atoms with Gasteiger partial charge < -0.3 is 26.2 Å². The van der Waals surface area contributed by atoms with Crippen LogP contribution in [0, 0.1) is 0 Å². The summed E-state index contributed by atoms with van der Waals surface area (Å²) in [5, 5.41) is 6.97. The van der Waals surface area contributed by atoms with E-state index >= 15 is 0 Å². The number of benzene rings is 3. The molecular formula is C32H39ClN6O4S. The van der Waals surface area contributed by atoms with Gasteiger partial charge in [-0.25, -0.2) is 8.42 Å². The zero-order valence-electron chi connectivity index (χ0n) is 24.8. The average Bonchev–Trinajstić information content (AvgIpc) is 3.03. The fraction of sp³-hybridized carbons (Fsp3) is 0.375. The normalized spacial score (nSPS) is 17.5. The quantitative estimate of drug-likeness (QED) is 0.311. The van der Waals surface area contributed by atoms with Crippen LogP contribution in [0.2, 0.25) is 5.02 Å². The van der Waals surface area contributed by atoms with Crippen molar-refractivity contribution in [2.75, 3.05) is 61.3 Å². The predicted octanol–water partition coefficient (Wildman–Crippen LogP) is 2.33. The molecule has 0 bridgehead atoms. The summed E-state index contributed by atoms with van der Waals surface area (Å²) in [7, 11) is -3.54. The Morgan fingerprint density at radius 3 is 2.41 bits per heavy atom. The van der Waals surface area contributed by atoms with Gasteiger partial charge >= 0.3 is 0 Å². The minimum absolute atomic E-state index is 0.161. The molecule has 44 heavy (non-hydrogen) atoms. The molecule has 0 spiro atoms. The molecule has 2 heterocycles. The maximum atomic E-state index is 14.0. The molecule has 2 aliphatic rings. The third-order valence-electron chi connectivity index (χ3n) is 8.15. The molecule has 1 fully saturated rings. The number of piperazine rings is 1. The third-order valence-corrected chi connectivity index (χ3v) is 9.59. The lowest BCUT2D eigenvalue weighted by Crippen LogP contribution is -2.57. The molecule has 10 nitrogen and oxygen atoms in total. The van der Waals surface area contributed by atoms with Gasteiger partial charge in [-0.3, -0.25) is 13.9 Å². The van der Waals surface area contributed by atoms with Crippen molar-refractivity contribution in [3.63, 3.8) is 0 Å². The Balaban J connectivity index is 1.33. The van der Waals surface area contributed by atoms with Crippen LogP contribution in [0.4, 0.5) is 11.4 Å². The van der Waals surface area contributed by atoms with E-state index in [2.05, 4.69) is 15.5 Å². The number of sulfonamides is 1. The Kier molecular flexibility index (Phi) is 10.1. The van der Waals surface area contributed by atoms with E-state index in [1.807, 2.05) is 48.5 Å². The van der Waals surface area contributed by atoms with E-state index in [9.17, 15) is 18.0 Å². The van der Waals surface area contributed by atoms with E-state index in [4.69, 9.17) is 17.3 Å². The van der Waals surface area contributed by atoms with Crippen molar-refractivity contribution in [3.8, 4) is 0 Å². The van der Waals surface area contributed by atoms with Crippen molar-refractivity contribution >= 4 is 44.8 Å². The molecule has 3 aromatic carbocycles. The number of halogens is 1. The molecule has 234 valence electrons. The molecule has 0 radical (unpaired) electrons. The number of nitrogens with zero attached hydrogens (tertiary/aromatic N) is 3. The lowest BCUT2D eigenvalue weighted by molar-refractivity contribution is -0.137. The highest BCUT2D eigenvalue weighted by atomic mass is 35.5. The number of fused-ring (bicyclic) bond motifs is 1. The smallest absolute Gasteiger partial charge is 0.245 e. The molecule has 3 aromatic rings. The van der Waals surface area contributed by atoms with Crippen molar-refractivity contribution in [1.29, 1.82) is 0 Å². The van der Waals surface area contributed by atoms with Gasteiger partial charge in [0.25, 0.3) is 0 Å². The number of rotatable bonds is 10. The van der Waals surface area contributed by atoms with Gasteiger partial charge in [0, 0.05) is 57.3 Å². The van der Waals surface area contributed by atoms with Crippen molar-refractivity contribution in [1.82, 2.24) is 15.5 Å². The van der Waals surface area contributed by atoms with E-state index in [1.165, 1.54) is 10.6 Å². The molecule has 12 heteroatoms. The number of anilines is 2. The maximum Gasteiger partial charge on any atom is 0.245 e. The first-order valence-electron chi connectivity index (χ1n) is 14.8. The lowest BCUT2D eigenvalue weighted by atomic mass is 9.93. The Hall–Kier alpha value is -3.64. The fourth-order valence-corrected chi connectivity index (χ4v) is 7.04. The predicted molar refractivity (Wildman–Crippen MR) is 174 cm³/mol. The molecule has 2 amide bonds. The Bertz CT molecular complexity index is 1580. The van der Waals surface area contributed by atoms with Gasteiger partial charge in [-0.2, -0.15) is 0 Å². The molecule has 5 rings (SSSR count). The zero-order chi connectivity index (χ0) is 31.3. The Morgan fingerprint density at radius 1 is 1.02 bits per heavy atom. The van der Waals surface area contributed by atoms with Crippen molar-refractivity contribution in [2.24, 2.45) is 5.73 Å². The maximum absolute atomic E-state index is 14.0. The second-order valence-corrected chi connectivity index (χ2v) is 13.5. The lowest BCUT2D eigenvalue weighted by Gasteiger charge is -2.39. The number of hydrogen-bond acceptors (Lipinski definition) is 7. The molecular weight excluding hydrogens is 600 g/mol. The number of nitrogens with one attached hydrogen (secondary N) is 2. The number of carbonyl (C=O) groups excluding carboxylic acids is 2. The van der Waals surface area contributed by atoms with E-state index in [-0.39, 0.29) is 24.9 Å². The van der Waals surface area contributed by atoms with Gasteiger partial charge in [-0.1, -0.05) is 60.1 Å². The molecule has 2 atom stereocenters. The van der Waals surface area contributed by atoms with Gasteiger partial charge in [-0.05, 0) is 47.4 Å². The van der Waals surface area contributed by atoms with Crippen LogP contribution >= 0.6 is 11.6 Å². The highest BCUT2D eigenvalue weighted by molar-refractivity contribution is 7.92. The molecule has 2 aliphatic heterocycles. The van der Waals surface area contributed by atoms with E-state index in [1.54, 1.807) is 29.2 Å². The number of para-hydroxylation sites is 2. The fourth-order valence-electron chi connectivity index (χ4n) is 5.96. The Morgan fingerprint density at radius 2 is 1.70 bits per heavy atom. The molecule has 1 unspecified atom stereocenters. The van der Waals surface area contributed by atoms with Crippen LogP contribution in [0.25, 0.3) is 0 Å². The van der Waals surface area contributed by atoms with Crippen LogP contribution in [0.3, 0.4) is 0 Å². The van der Waals surface area contributed by atoms with Gasteiger partial charge in [0.1, 0.15) is 12.1 Å². The van der Waals surface area contributed by atoms with Crippen molar-refractivity contribution in [3.05, 3.63) is 94.5 Å². The molecule has 0 saturated carbocycles.